The molecule has 1 unspecified atom stereocenters. The molecule has 0 N–H and O–H groups in total. The standard InChI is InChI=1S/C17H14N2O/c20-13-17-9-8-15(14-5-4-10-18-11-14)12-19(17)16-6-2-1-3-7-16/h1-13,17H. The van der Waals surface area contributed by atoms with E-state index in [-0.39, 0.29) is 6.04 Å². The number of hydrogen-bond donors (Lipinski definition) is 0. The zero-order valence-electron chi connectivity index (χ0n) is 10.9. The van der Waals surface area contributed by atoms with Crippen molar-refractivity contribution in [2.45, 2.75) is 6.04 Å². The molecule has 2 aromatic rings. The van der Waals surface area contributed by atoms with Gasteiger partial charge in [-0.1, -0.05) is 36.4 Å². The number of carbonyl (C=O) groups is 1. The number of benzene rings is 1. The van der Waals surface area contributed by atoms with Crippen LogP contribution in [0.5, 0.6) is 0 Å². The number of pyridine rings is 1. The SMILES string of the molecule is O=CC1C=CC(c2cccnc2)=CN1c1ccccc1. The van der Waals surface area contributed by atoms with E-state index >= 15 is 0 Å². The summed E-state index contributed by atoms with van der Waals surface area (Å²) in [5.41, 5.74) is 3.07. The molecule has 2 heterocycles. The van der Waals surface area contributed by atoms with Gasteiger partial charge in [0, 0.05) is 29.8 Å². The molecule has 3 heteroatoms. The number of aromatic nitrogens is 1. The van der Waals surface area contributed by atoms with Crippen molar-refractivity contribution in [2.24, 2.45) is 0 Å². The summed E-state index contributed by atoms with van der Waals surface area (Å²) in [5, 5.41) is 0. The predicted octanol–water partition coefficient (Wildman–Crippen LogP) is 3.07. The average molecular weight is 262 g/mol. The number of allylic oxidation sites excluding steroid dienone is 2. The highest BCUT2D eigenvalue weighted by molar-refractivity contribution is 5.83. The number of nitrogens with zero attached hydrogens (tertiary/aromatic N) is 2. The highest BCUT2D eigenvalue weighted by Gasteiger charge is 2.18. The Morgan fingerprint density at radius 1 is 1.10 bits per heavy atom. The van der Waals surface area contributed by atoms with Gasteiger partial charge in [-0.3, -0.25) is 4.98 Å². The maximum atomic E-state index is 11.3. The first-order chi connectivity index (χ1) is 9.88. The van der Waals surface area contributed by atoms with Gasteiger partial charge in [-0.05, 0) is 23.8 Å². The monoisotopic (exact) mass is 262 g/mol. The van der Waals surface area contributed by atoms with Gasteiger partial charge in [0.25, 0.3) is 0 Å². The molecule has 0 aliphatic carbocycles. The number of para-hydroxylation sites is 1. The van der Waals surface area contributed by atoms with Crippen LogP contribution in [0.25, 0.3) is 5.57 Å². The Morgan fingerprint density at radius 2 is 1.95 bits per heavy atom. The Hall–Kier alpha value is -2.68. The van der Waals surface area contributed by atoms with E-state index in [9.17, 15) is 4.79 Å². The maximum absolute atomic E-state index is 11.3. The van der Waals surface area contributed by atoms with E-state index < -0.39 is 0 Å². The number of rotatable bonds is 3. The minimum Gasteiger partial charge on any atom is -0.334 e. The molecule has 0 amide bonds. The second-order valence-corrected chi connectivity index (χ2v) is 4.55. The Labute approximate surface area is 117 Å². The smallest absolute Gasteiger partial charge is 0.146 e. The Bertz CT molecular complexity index is 647. The summed E-state index contributed by atoms with van der Waals surface area (Å²) in [6.07, 6.45) is 10.4. The molecular formula is C17H14N2O. The van der Waals surface area contributed by atoms with Gasteiger partial charge in [-0.25, -0.2) is 0 Å². The van der Waals surface area contributed by atoms with Crippen LogP contribution in [0.4, 0.5) is 5.69 Å². The van der Waals surface area contributed by atoms with Crippen LogP contribution in [0.15, 0.2) is 73.2 Å². The van der Waals surface area contributed by atoms with E-state index in [2.05, 4.69) is 4.98 Å². The summed E-state index contributed by atoms with van der Waals surface area (Å²) in [6, 6.07) is 13.5. The maximum Gasteiger partial charge on any atom is 0.146 e. The lowest BCUT2D eigenvalue weighted by Gasteiger charge is -2.28. The van der Waals surface area contributed by atoms with Crippen LogP contribution >= 0.6 is 0 Å². The van der Waals surface area contributed by atoms with Crippen LogP contribution in [0.2, 0.25) is 0 Å². The highest BCUT2D eigenvalue weighted by Crippen LogP contribution is 2.26. The topological polar surface area (TPSA) is 33.2 Å². The van der Waals surface area contributed by atoms with Gasteiger partial charge in [0.15, 0.2) is 0 Å². The highest BCUT2D eigenvalue weighted by atomic mass is 16.1. The van der Waals surface area contributed by atoms with Crippen LogP contribution in [0.3, 0.4) is 0 Å². The van der Waals surface area contributed by atoms with Gasteiger partial charge < -0.3 is 9.69 Å². The van der Waals surface area contributed by atoms with Crippen LogP contribution in [0, 0.1) is 0 Å². The van der Waals surface area contributed by atoms with Gasteiger partial charge in [-0.2, -0.15) is 0 Å². The van der Waals surface area contributed by atoms with E-state index in [1.165, 1.54) is 0 Å². The van der Waals surface area contributed by atoms with E-state index in [0.717, 1.165) is 23.1 Å². The van der Waals surface area contributed by atoms with Crippen molar-refractivity contribution in [2.75, 3.05) is 4.90 Å². The molecule has 20 heavy (non-hydrogen) atoms. The molecule has 3 nitrogen and oxygen atoms in total. The van der Waals surface area contributed by atoms with Crippen LogP contribution < -0.4 is 4.90 Å². The van der Waals surface area contributed by atoms with Crippen molar-refractivity contribution >= 4 is 17.5 Å². The van der Waals surface area contributed by atoms with E-state index in [1.54, 1.807) is 6.20 Å². The van der Waals surface area contributed by atoms with Crippen LogP contribution in [0.1, 0.15) is 5.56 Å². The molecule has 3 rings (SSSR count). The first kappa shape index (κ1) is 12.4. The molecule has 98 valence electrons. The van der Waals surface area contributed by atoms with E-state index in [1.807, 2.05) is 71.9 Å². The summed E-state index contributed by atoms with van der Waals surface area (Å²) in [4.78, 5) is 17.4. The third kappa shape index (κ3) is 2.38. The normalized spacial score (nSPS) is 17.7. The average Bonchev–Trinajstić information content (AvgIpc) is 2.56. The molecular weight excluding hydrogens is 248 g/mol. The molecule has 0 saturated carbocycles. The lowest BCUT2D eigenvalue weighted by atomic mass is 10.0. The van der Waals surface area contributed by atoms with Crippen molar-refractivity contribution in [3.63, 3.8) is 0 Å². The van der Waals surface area contributed by atoms with Crippen LogP contribution in [-0.4, -0.2) is 17.3 Å². The van der Waals surface area contributed by atoms with Crippen molar-refractivity contribution < 1.29 is 4.79 Å². The second-order valence-electron chi connectivity index (χ2n) is 4.55. The Morgan fingerprint density at radius 3 is 2.65 bits per heavy atom. The summed E-state index contributed by atoms with van der Waals surface area (Å²) in [5.74, 6) is 0. The first-order valence-corrected chi connectivity index (χ1v) is 6.47. The quantitative estimate of drug-likeness (QED) is 0.797. The summed E-state index contributed by atoms with van der Waals surface area (Å²) in [6.45, 7) is 0. The summed E-state index contributed by atoms with van der Waals surface area (Å²) < 4.78 is 0. The summed E-state index contributed by atoms with van der Waals surface area (Å²) >= 11 is 0. The number of aldehydes is 1. The van der Waals surface area contributed by atoms with Gasteiger partial charge in [0.05, 0.1) is 0 Å². The van der Waals surface area contributed by atoms with Crippen molar-refractivity contribution in [1.29, 1.82) is 0 Å². The lowest BCUT2D eigenvalue weighted by Crippen LogP contribution is -2.32. The first-order valence-electron chi connectivity index (χ1n) is 6.47. The van der Waals surface area contributed by atoms with Gasteiger partial charge in [0.2, 0.25) is 0 Å². The van der Waals surface area contributed by atoms with Gasteiger partial charge >= 0.3 is 0 Å². The second kappa shape index (κ2) is 5.53. The molecule has 0 spiro atoms. The third-order valence-corrected chi connectivity index (χ3v) is 3.26. The number of carbonyl (C=O) groups excluding carboxylic acids is 1. The lowest BCUT2D eigenvalue weighted by molar-refractivity contribution is -0.108. The largest absolute Gasteiger partial charge is 0.334 e. The minimum atomic E-state index is -0.266. The number of hydrogen-bond acceptors (Lipinski definition) is 3. The van der Waals surface area contributed by atoms with Crippen molar-refractivity contribution in [3.05, 3.63) is 78.8 Å². The zero-order valence-corrected chi connectivity index (χ0v) is 10.9. The molecule has 1 aliphatic rings. The van der Waals surface area contributed by atoms with Crippen molar-refractivity contribution in [3.8, 4) is 0 Å². The van der Waals surface area contributed by atoms with E-state index in [4.69, 9.17) is 0 Å². The van der Waals surface area contributed by atoms with Crippen molar-refractivity contribution in [1.82, 2.24) is 4.98 Å². The molecule has 0 radical (unpaired) electrons. The summed E-state index contributed by atoms with van der Waals surface area (Å²) in [7, 11) is 0. The van der Waals surface area contributed by atoms with E-state index in [0.29, 0.717) is 0 Å². The molecule has 1 aromatic carbocycles. The Kier molecular flexibility index (Phi) is 3.42. The van der Waals surface area contributed by atoms with Gasteiger partial charge in [-0.15, -0.1) is 0 Å². The molecule has 1 aliphatic heterocycles. The molecule has 0 saturated heterocycles. The molecule has 1 aromatic heterocycles. The Balaban J connectivity index is 2.00. The van der Waals surface area contributed by atoms with Crippen LogP contribution in [-0.2, 0) is 4.79 Å². The third-order valence-electron chi connectivity index (χ3n) is 3.26. The zero-order chi connectivity index (χ0) is 13.8. The fourth-order valence-corrected chi connectivity index (χ4v) is 2.24. The minimum absolute atomic E-state index is 0.266. The molecule has 0 bridgehead atoms. The molecule has 0 fully saturated rings. The molecule has 1 atom stereocenters. The van der Waals surface area contributed by atoms with Gasteiger partial charge in [0.1, 0.15) is 12.3 Å². The fraction of sp³-hybridized carbons (Fsp3) is 0.0588. The predicted molar refractivity (Wildman–Crippen MR) is 80.1 cm³/mol. The fourth-order valence-electron chi connectivity index (χ4n) is 2.24. The number of anilines is 1.